The Hall–Kier alpha value is -4.53. The molecule has 0 aliphatic carbocycles. The van der Waals surface area contributed by atoms with Crippen LogP contribution in [0.4, 0.5) is 0 Å². The lowest BCUT2D eigenvalue weighted by Gasteiger charge is -2.42. The van der Waals surface area contributed by atoms with E-state index in [4.69, 9.17) is 0 Å². The zero-order valence-electron chi connectivity index (χ0n) is 43.7. The highest BCUT2D eigenvalue weighted by Gasteiger charge is 2.44. The molecule has 3 N–H and O–H groups in total. The molecule has 0 radical (unpaired) electrons. The minimum atomic E-state index is -1.03. The van der Waals surface area contributed by atoms with Crippen LogP contribution in [0.2, 0.25) is 0 Å². The Labute approximate surface area is 392 Å². The summed E-state index contributed by atoms with van der Waals surface area (Å²) in [5, 5.41) is 9.01. The summed E-state index contributed by atoms with van der Waals surface area (Å²) in [4.78, 5) is 107. The van der Waals surface area contributed by atoms with Crippen molar-refractivity contribution >= 4 is 41.4 Å². The van der Waals surface area contributed by atoms with Crippen LogP contribution in [0.1, 0.15) is 109 Å². The quantitative estimate of drug-likeness (QED) is 0.129. The average Bonchev–Trinajstić information content (AvgIpc) is 3.20. The fourth-order valence-electron chi connectivity index (χ4n) is 8.97. The zero-order valence-corrected chi connectivity index (χ0v) is 43.7. The first kappa shape index (κ1) is 58.5. The Morgan fingerprint density at radius 1 is 0.462 bits per heavy atom. The number of rotatable bonds is 25. The predicted molar refractivity (Wildman–Crippen MR) is 259 cm³/mol. The van der Waals surface area contributed by atoms with E-state index in [1.54, 1.807) is 35.2 Å². The largest absolute Gasteiger partial charge is 0.354 e. The van der Waals surface area contributed by atoms with E-state index in [-0.39, 0.29) is 41.4 Å². The minimum absolute atomic E-state index is 0.221. The standard InChI is InChI=1S/C50H88N8O7/c1-29(2)28-37(51-15)46(61)54(16)40(32(7)8)45(60)53-38(30(3)4)47(62)56(18)41(33(9)10)49(64)58(20)43(35(13)14)50(65)57(19)42(34(11)12)48(63)55(17)39(31(5)6)44(59)52-27-26-36-24-22-21-23-25-36/h21-25,29-35,37-43,51H,26-28H2,1-20H3,(H,52,59)(H,53,60)/t37-,38-,39-,40-,41-,42-,43-/m1/s1. The van der Waals surface area contributed by atoms with Gasteiger partial charge in [-0.3, -0.25) is 33.6 Å². The third-order valence-corrected chi connectivity index (χ3v) is 12.4. The van der Waals surface area contributed by atoms with Crippen LogP contribution >= 0.6 is 0 Å². The highest BCUT2D eigenvalue weighted by atomic mass is 16.2. The molecule has 7 amide bonds. The van der Waals surface area contributed by atoms with Crippen molar-refractivity contribution in [3.8, 4) is 0 Å². The van der Waals surface area contributed by atoms with Crippen LogP contribution in [0.3, 0.4) is 0 Å². The number of benzene rings is 1. The van der Waals surface area contributed by atoms with E-state index in [1.165, 1.54) is 31.5 Å². The summed E-state index contributed by atoms with van der Waals surface area (Å²) in [5.74, 6) is -4.60. The maximum absolute atomic E-state index is 14.7. The van der Waals surface area contributed by atoms with E-state index < -0.39 is 83.7 Å². The summed E-state index contributed by atoms with van der Waals surface area (Å²) in [5.41, 5.74) is 1.08. The third-order valence-electron chi connectivity index (χ3n) is 12.4. The van der Waals surface area contributed by atoms with Gasteiger partial charge in [0.05, 0.1) is 6.04 Å². The Morgan fingerprint density at radius 2 is 0.815 bits per heavy atom. The molecule has 1 rings (SSSR count). The van der Waals surface area contributed by atoms with Gasteiger partial charge in [-0.15, -0.1) is 0 Å². The van der Waals surface area contributed by atoms with Crippen LogP contribution in [0, 0.1) is 41.4 Å². The van der Waals surface area contributed by atoms with Crippen LogP contribution in [0.25, 0.3) is 0 Å². The summed E-state index contributed by atoms with van der Waals surface area (Å²) >= 11 is 0. The number of nitrogens with one attached hydrogen (secondary N) is 3. The molecule has 0 saturated carbocycles. The molecule has 0 aromatic heterocycles. The average molecular weight is 913 g/mol. The van der Waals surface area contributed by atoms with Crippen molar-refractivity contribution in [1.29, 1.82) is 0 Å². The van der Waals surface area contributed by atoms with Crippen molar-refractivity contribution in [2.75, 3.05) is 48.8 Å². The highest BCUT2D eigenvalue weighted by molar-refractivity contribution is 5.97. The van der Waals surface area contributed by atoms with Crippen LogP contribution < -0.4 is 16.0 Å². The molecule has 0 spiro atoms. The van der Waals surface area contributed by atoms with Gasteiger partial charge in [-0.05, 0) is 66.9 Å². The molecule has 0 unspecified atom stereocenters. The van der Waals surface area contributed by atoms with Gasteiger partial charge in [0.15, 0.2) is 0 Å². The van der Waals surface area contributed by atoms with Gasteiger partial charge in [0.25, 0.3) is 0 Å². The molecule has 0 aliphatic heterocycles. The molecule has 0 fully saturated rings. The smallest absolute Gasteiger partial charge is 0.246 e. The number of carbonyl (C=O) groups excluding carboxylic acids is 7. The van der Waals surface area contributed by atoms with Gasteiger partial charge in [0.2, 0.25) is 41.4 Å². The van der Waals surface area contributed by atoms with Crippen LogP contribution in [-0.2, 0) is 40.0 Å². The van der Waals surface area contributed by atoms with E-state index in [9.17, 15) is 33.6 Å². The number of hydrogen-bond acceptors (Lipinski definition) is 8. The van der Waals surface area contributed by atoms with E-state index in [0.717, 1.165) is 5.56 Å². The van der Waals surface area contributed by atoms with Crippen LogP contribution in [0.15, 0.2) is 30.3 Å². The van der Waals surface area contributed by atoms with Gasteiger partial charge < -0.3 is 40.4 Å². The molecular formula is C50H88N8O7. The van der Waals surface area contributed by atoms with Crippen molar-refractivity contribution in [3.05, 3.63) is 35.9 Å². The summed E-state index contributed by atoms with van der Waals surface area (Å²) in [6, 6.07) is 3.63. The Morgan fingerprint density at radius 3 is 1.17 bits per heavy atom. The molecule has 15 nitrogen and oxygen atoms in total. The summed E-state index contributed by atoms with van der Waals surface area (Å²) in [6.07, 6.45) is 1.22. The summed E-state index contributed by atoms with van der Waals surface area (Å²) in [7, 11) is 9.55. The maximum Gasteiger partial charge on any atom is 0.246 e. The predicted octanol–water partition coefficient (Wildman–Crippen LogP) is 4.54. The van der Waals surface area contributed by atoms with Gasteiger partial charge in [0, 0.05) is 41.8 Å². The normalized spacial score (nSPS) is 15.1. The second-order valence-electron chi connectivity index (χ2n) is 20.4. The first-order chi connectivity index (χ1) is 30.1. The van der Waals surface area contributed by atoms with Crippen molar-refractivity contribution in [3.63, 3.8) is 0 Å². The summed E-state index contributed by atoms with van der Waals surface area (Å²) in [6.45, 7) is 26.5. The molecule has 1 aromatic rings. The van der Waals surface area contributed by atoms with E-state index in [0.29, 0.717) is 19.4 Å². The molecule has 15 heteroatoms. The summed E-state index contributed by atoms with van der Waals surface area (Å²) < 4.78 is 0. The van der Waals surface area contributed by atoms with Crippen molar-refractivity contribution in [1.82, 2.24) is 40.4 Å². The topological polar surface area (TPSA) is 172 Å². The van der Waals surface area contributed by atoms with Crippen molar-refractivity contribution in [2.24, 2.45) is 41.4 Å². The van der Waals surface area contributed by atoms with E-state index >= 15 is 0 Å². The van der Waals surface area contributed by atoms with Gasteiger partial charge >= 0.3 is 0 Å². The van der Waals surface area contributed by atoms with Gasteiger partial charge in [-0.2, -0.15) is 0 Å². The van der Waals surface area contributed by atoms with Crippen molar-refractivity contribution < 1.29 is 33.6 Å². The van der Waals surface area contributed by atoms with Gasteiger partial charge in [0.1, 0.15) is 36.3 Å². The second-order valence-corrected chi connectivity index (χ2v) is 20.4. The van der Waals surface area contributed by atoms with E-state index in [1.807, 2.05) is 127 Å². The van der Waals surface area contributed by atoms with Crippen molar-refractivity contribution in [2.45, 2.75) is 152 Å². The Balaban J connectivity index is 3.45. The first-order valence-corrected chi connectivity index (χ1v) is 23.7. The third kappa shape index (κ3) is 15.8. The maximum atomic E-state index is 14.7. The molecule has 0 bridgehead atoms. The minimum Gasteiger partial charge on any atom is -0.354 e. The fraction of sp³-hybridized carbons (Fsp3) is 0.740. The van der Waals surface area contributed by atoms with Crippen LogP contribution in [-0.4, -0.2) is 157 Å². The monoisotopic (exact) mass is 913 g/mol. The zero-order chi connectivity index (χ0) is 50.4. The lowest BCUT2D eigenvalue weighted by atomic mass is 9.93. The molecular weight excluding hydrogens is 825 g/mol. The molecule has 0 aliphatic rings. The lowest BCUT2D eigenvalue weighted by Crippen LogP contribution is -2.63. The molecule has 65 heavy (non-hydrogen) atoms. The molecule has 7 atom stereocenters. The molecule has 0 saturated heterocycles. The first-order valence-electron chi connectivity index (χ1n) is 23.7. The van der Waals surface area contributed by atoms with Gasteiger partial charge in [-0.1, -0.05) is 127 Å². The van der Waals surface area contributed by atoms with E-state index in [2.05, 4.69) is 16.0 Å². The number of likely N-dealkylation sites (N-methyl/N-ethyl adjacent to an activating group) is 6. The number of nitrogens with zero attached hydrogens (tertiary/aromatic N) is 5. The SMILES string of the molecule is CN[C@H](CC(C)C)C(=O)N(C)[C@@H](C(=O)N[C@@H](C(=O)N(C)[C@@H](C(=O)N(C)[C@@H](C(=O)N(C)[C@@H](C(=O)N(C)[C@@H](C(=O)NCCc1ccccc1)C(C)C)C(C)C)C(C)C)C(C)C)C(C)C)C(C)C. The molecule has 370 valence electrons. The Bertz CT molecular complexity index is 1720. The highest BCUT2D eigenvalue weighted by Crippen LogP contribution is 2.24. The number of hydrogen-bond donors (Lipinski definition) is 3. The molecule has 0 heterocycles. The Kier molecular flexibility index (Phi) is 23.9. The lowest BCUT2D eigenvalue weighted by molar-refractivity contribution is -0.157. The number of carbonyl (C=O) groups is 7. The van der Waals surface area contributed by atoms with Crippen LogP contribution in [0.5, 0.6) is 0 Å². The molecule has 1 aromatic carbocycles. The van der Waals surface area contributed by atoms with Gasteiger partial charge in [-0.25, -0.2) is 0 Å². The second kappa shape index (κ2) is 26.6. The fourth-order valence-corrected chi connectivity index (χ4v) is 8.97. The number of amides is 7.